The molecule has 1 heterocycles. The first-order chi connectivity index (χ1) is 10.2. The van der Waals surface area contributed by atoms with E-state index >= 15 is 0 Å². The molecule has 0 saturated carbocycles. The van der Waals surface area contributed by atoms with Gasteiger partial charge in [-0.3, -0.25) is 0 Å². The van der Waals surface area contributed by atoms with Gasteiger partial charge in [-0.25, -0.2) is 4.98 Å². The summed E-state index contributed by atoms with van der Waals surface area (Å²) < 4.78 is 10.6. The van der Waals surface area contributed by atoms with E-state index in [0.29, 0.717) is 5.88 Å². The summed E-state index contributed by atoms with van der Waals surface area (Å²) in [6.07, 6.45) is 0. The van der Waals surface area contributed by atoms with E-state index in [1.54, 1.807) is 26.4 Å². The largest absolute Gasteiger partial charge is 0.508 e. The number of phenols is 1. The molecule has 3 rings (SSSR count). The van der Waals surface area contributed by atoms with Gasteiger partial charge in [0.2, 0.25) is 5.88 Å². The van der Waals surface area contributed by atoms with E-state index in [1.165, 1.54) is 0 Å². The molecule has 4 nitrogen and oxygen atoms in total. The number of aromatic hydroxyl groups is 1. The Labute approximate surface area is 122 Å². The number of pyridine rings is 1. The number of aromatic nitrogens is 1. The fourth-order valence-corrected chi connectivity index (χ4v) is 2.27. The van der Waals surface area contributed by atoms with Crippen molar-refractivity contribution < 1.29 is 14.6 Å². The maximum atomic E-state index is 9.38. The van der Waals surface area contributed by atoms with Crippen LogP contribution in [-0.2, 0) is 0 Å². The lowest BCUT2D eigenvalue weighted by atomic mass is 10.1. The van der Waals surface area contributed by atoms with E-state index in [0.717, 1.165) is 27.8 Å². The van der Waals surface area contributed by atoms with Crippen molar-refractivity contribution in [3.05, 3.63) is 48.5 Å². The summed E-state index contributed by atoms with van der Waals surface area (Å²) in [7, 11) is 3.24. The van der Waals surface area contributed by atoms with E-state index in [1.807, 2.05) is 36.4 Å². The highest BCUT2D eigenvalue weighted by molar-refractivity contribution is 5.91. The first kappa shape index (κ1) is 13.2. The lowest BCUT2D eigenvalue weighted by Crippen LogP contribution is -1.93. The van der Waals surface area contributed by atoms with Gasteiger partial charge in [0.1, 0.15) is 11.5 Å². The molecule has 0 saturated heterocycles. The van der Waals surface area contributed by atoms with Gasteiger partial charge in [0.15, 0.2) is 0 Å². The van der Waals surface area contributed by atoms with Crippen molar-refractivity contribution in [2.45, 2.75) is 0 Å². The van der Waals surface area contributed by atoms with Crippen LogP contribution in [-0.4, -0.2) is 24.3 Å². The number of benzene rings is 2. The Morgan fingerprint density at radius 3 is 2.33 bits per heavy atom. The first-order valence-electron chi connectivity index (χ1n) is 6.53. The Hall–Kier alpha value is -2.75. The molecule has 0 atom stereocenters. The molecule has 0 spiro atoms. The van der Waals surface area contributed by atoms with Gasteiger partial charge in [-0.1, -0.05) is 0 Å². The predicted octanol–water partition coefficient (Wildman–Crippen LogP) is 3.62. The number of ether oxygens (including phenoxy) is 2. The quantitative estimate of drug-likeness (QED) is 0.796. The summed E-state index contributed by atoms with van der Waals surface area (Å²) in [6.45, 7) is 0. The number of methoxy groups -OCH3 is 2. The maximum Gasteiger partial charge on any atom is 0.221 e. The van der Waals surface area contributed by atoms with Gasteiger partial charge in [0.05, 0.1) is 19.9 Å². The Morgan fingerprint density at radius 1 is 0.905 bits per heavy atom. The third-order valence-electron chi connectivity index (χ3n) is 3.36. The summed E-state index contributed by atoms with van der Waals surface area (Å²) in [6, 6.07) is 14.7. The average molecular weight is 281 g/mol. The number of hydrogen-bond acceptors (Lipinski definition) is 4. The van der Waals surface area contributed by atoms with Crippen molar-refractivity contribution in [1.29, 1.82) is 0 Å². The third-order valence-corrected chi connectivity index (χ3v) is 3.36. The van der Waals surface area contributed by atoms with E-state index < -0.39 is 0 Å². The molecule has 0 fully saturated rings. The van der Waals surface area contributed by atoms with Crippen LogP contribution in [0.4, 0.5) is 0 Å². The Balaban J connectivity index is 2.21. The summed E-state index contributed by atoms with van der Waals surface area (Å²) in [5.74, 6) is 1.58. The van der Waals surface area contributed by atoms with Gasteiger partial charge < -0.3 is 14.6 Å². The van der Waals surface area contributed by atoms with Crippen molar-refractivity contribution in [2.75, 3.05) is 14.2 Å². The van der Waals surface area contributed by atoms with Gasteiger partial charge in [0, 0.05) is 10.9 Å². The molecule has 0 unspecified atom stereocenters. The highest BCUT2D eigenvalue weighted by Crippen LogP contribution is 2.31. The van der Waals surface area contributed by atoms with Crippen LogP contribution in [0.1, 0.15) is 0 Å². The summed E-state index contributed by atoms with van der Waals surface area (Å²) in [5.41, 5.74) is 1.70. The molecule has 2 aromatic carbocycles. The van der Waals surface area contributed by atoms with E-state index in [2.05, 4.69) is 4.98 Å². The van der Waals surface area contributed by atoms with Gasteiger partial charge in [-0.2, -0.15) is 0 Å². The van der Waals surface area contributed by atoms with Crippen LogP contribution in [0.5, 0.6) is 17.4 Å². The number of hydrogen-bond donors (Lipinski definition) is 1. The second kappa shape index (κ2) is 5.32. The Bertz CT molecular complexity index is 782. The minimum Gasteiger partial charge on any atom is -0.508 e. The molecule has 106 valence electrons. The lowest BCUT2D eigenvalue weighted by Gasteiger charge is -2.10. The van der Waals surface area contributed by atoms with Crippen molar-refractivity contribution in [2.24, 2.45) is 0 Å². The third kappa shape index (κ3) is 2.48. The van der Waals surface area contributed by atoms with Crippen molar-refractivity contribution >= 4 is 10.8 Å². The molecule has 0 amide bonds. The fraction of sp³-hybridized carbons (Fsp3) is 0.118. The van der Waals surface area contributed by atoms with Crippen LogP contribution in [0.15, 0.2) is 48.5 Å². The van der Waals surface area contributed by atoms with Crippen molar-refractivity contribution in [3.8, 4) is 28.6 Å². The molecule has 1 aromatic heterocycles. The van der Waals surface area contributed by atoms with Crippen LogP contribution >= 0.6 is 0 Å². The van der Waals surface area contributed by atoms with Crippen LogP contribution in [0.2, 0.25) is 0 Å². The van der Waals surface area contributed by atoms with Crippen molar-refractivity contribution in [3.63, 3.8) is 0 Å². The normalized spacial score (nSPS) is 10.6. The fourth-order valence-electron chi connectivity index (χ4n) is 2.27. The van der Waals surface area contributed by atoms with Crippen molar-refractivity contribution in [1.82, 2.24) is 4.98 Å². The zero-order valence-electron chi connectivity index (χ0n) is 11.8. The number of nitrogens with zero attached hydrogens (tertiary/aromatic N) is 1. The van der Waals surface area contributed by atoms with Gasteiger partial charge >= 0.3 is 0 Å². The Morgan fingerprint density at radius 2 is 1.67 bits per heavy atom. The van der Waals surface area contributed by atoms with Crippen LogP contribution in [0.25, 0.3) is 22.0 Å². The van der Waals surface area contributed by atoms with E-state index in [-0.39, 0.29) is 5.75 Å². The highest BCUT2D eigenvalue weighted by Gasteiger charge is 2.09. The lowest BCUT2D eigenvalue weighted by molar-refractivity contribution is 0.403. The second-order valence-corrected chi connectivity index (χ2v) is 4.65. The minimum absolute atomic E-state index is 0.230. The summed E-state index contributed by atoms with van der Waals surface area (Å²) >= 11 is 0. The van der Waals surface area contributed by atoms with Crippen LogP contribution in [0, 0.1) is 0 Å². The molecule has 0 aliphatic heterocycles. The number of rotatable bonds is 3. The molecule has 4 heteroatoms. The smallest absolute Gasteiger partial charge is 0.221 e. The summed E-state index contributed by atoms with van der Waals surface area (Å²) in [4.78, 5) is 4.53. The predicted molar refractivity (Wildman–Crippen MR) is 81.9 cm³/mol. The molecule has 0 aliphatic rings. The molecule has 1 N–H and O–H groups in total. The first-order valence-corrected chi connectivity index (χ1v) is 6.53. The summed E-state index contributed by atoms with van der Waals surface area (Å²) in [5, 5.41) is 11.3. The van der Waals surface area contributed by atoms with Gasteiger partial charge in [-0.15, -0.1) is 0 Å². The maximum absolute atomic E-state index is 9.38. The minimum atomic E-state index is 0.230. The number of fused-ring (bicyclic) bond motifs is 1. The van der Waals surface area contributed by atoms with Gasteiger partial charge in [-0.05, 0) is 53.9 Å². The topological polar surface area (TPSA) is 51.6 Å². The molecule has 21 heavy (non-hydrogen) atoms. The van der Waals surface area contributed by atoms with E-state index in [9.17, 15) is 5.11 Å². The zero-order valence-corrected chi connectivity index (χ0v) is 11.8. The molecule has 0 radical (unpaired) electrons. The van der Waals surface area contributed by atoms with Gasteiger partial charge in [0.25, 0.3) is 0 Å². The zero-order chi connectivity index (χ0) is 14.8. The average Bonchev–Trinajstić information content (AvgIpc) is 2.53. The molecular weight excluding hydrogens is 266 g/mol. The van der Waals surface area contributed by atoms with E-state index in [4.69, 9.17) is 9.47 Å². The molecule has 0 bridgehead atoms. The van der Waals surface area contributed by atoms with Crippen LogP contribution < -0.4 is 9.47 Å². The second-order valence-electron chi connectivity index (χ2n) is 4.65. The molecular formula is C17H15NO3. The molecule has 3 aromatic rings. The SMILES string of the molecule is COc1ccc2c(OC)nc(-c3ccc(O)cc3)cc2c1. The standard InChI is InChI=1S/C17H15NO3/c1-20-14-7-8-15-12(9-14)10-16(18-17(15)21-2)11-3-5-13(19)6-4-11/h3-10,19H,1-2H3. The van der Waals surface area contributed by atoms with Crippen LogP contribution in [0.3, 0.4) is 0 Å². The Kier molecular flexibility index (Phi) is 3.36. The monoisotopic (exact) mass is 281 g/mol. The highest BCUT2D eigenvalue weighted by atomic mass is 16.5. The number of phenolic OH excluding ortho intramolecular Hbond substituents is 1. The molecule has 0 aliphatic carbocycles.